The van der Waals surface area contributed by atoms with Crippen molar-refractivity contribution in [2.24, 2.45) is 0 Å². The Kier molecular flexibility index (Phi) is 9.69. The fourth-order valence-electron chi connectivity index (χ4n) is 0.147. The molecule has 0 saturated carbocycles. The van der Waals surface area contributed by atoms with Gasteiger partial charge in [-0.05, 0) is 6.08 Å². The monoisotopic (exact) mass is 160 g/mol. The molecule has 0 aromatic rings. The minimum absolute atomic E-state index is 0. The van der Waals surface area contributed by atoms with Gasteiger partial charge in [0.2, 0.25) is 0 Å². The Hall–Kier alpha value is 0.850. The summed E-state index contributed by atoms with van der Waals surface area (Å²) in [5.41, 5.74) is 0. The van der Waals surface area contributed by atoms with Crippen LogP contribution in [0.25, 0.3) is 0 Å². The van der Waals surface area contributed by atoms with Gasteiger partial charge in [-0.15, -0.1) is 0 Å². The van der Waals surface area contributed by atoms with Gasteiger partial charge in [0.25, 0.3) is 0 Å². The van der Waals surface area contributed by atoms with Crippen molar-refractivity contribution in [3.63, 3.8) is 0 Å². The van der Waals surface area contributed by atoms with E-state index >= 15 is 0 Å². The largest absolute Gasteiger partial charge is 1.00 e. The van der Waals surface area contributed by atoms with Gasteiger partial charge in [0.15, 0.2) is 6.29 Å². The van der Waals surface area contributed by atoms with Gasteiger partial charge in [-0.1, -0.05) is 6.58 Å². The van der Waals surface area contributed by atoms with E-state index < -0.39 is 14.5 Å². The van der Waals surface area contributed by atoms with E-state index in [0.717, 1.165) is 6.08 Å². The van der Waals surface area contributed by atoms with E-state index in [2.05, 4.69) is 11.1 Å². The number of hydrogen-bond donors (Lipinski definition) is 1. The summed E-state index contributed by atoms with van der Waals surface area (Å²) >= 11 is 0. The summed E-state index contributed by atoms with van der Waals surface area (Å²) in [6.07, 6.45) is -0.417. The third-order valence-corrected chi connectivity index (χ3v) is 0.853. The van der Waals surface area contributed by atoms with E-state index in [-0.39, 0.29) is 29.6 Å². The number of aliphatic hydroxyl groups excluding tert-OH is 1. The Morgan fingerprint density at radius 2 is 2.33 bits per heavy atom. The molecule has 0 aromatic carbocycles. The predicted molar refractivity (Wildman–Crippen MR) is 26.3 cm³/mol. The maximum atomic E-state index is 9.61. The van der Waals surface area contributed by atoms with Crippen molar-refractivity contribution in [3.05, 3.63) is 12.7 Å². The Labute approximate surface area is 75.8 Å². The quantitative estimate of drug-likeness (QED) is 0.199. The van der Waals surface area contributed by atoms with Crippen molar-refractivity contribution in [2.75, 3.05) is 0 Å². The molecule has 0 fully saturated rings. The normalized spacial score (nSPS) is 15.3. The molecule has 0 amide bonds. The van der Waals surface area contributed by atoms with Crippen LogP contribution in [0.15, 0.2) is 12.7 Å². The van der Waals surface area contributed by atoms with E-state index in [1.54, 1.807) is 0 Å². The van der Waals surface area contributed by atoms with Crippen molar-refractivity contribution < 1.29 is 48.6 Å². The number of rotatable bonds is 3. The molecule has 9 heavy (non-hydrogen) atoms. The third-order valence-electron chi connectivity index (χ3n) is 0.419. The zero-order valence-electron chi connectivity index (χ0n) is 5.03. The molecule has 0 aliphatic carbocycles. The number of aliphatic hydroxyl groups is 1. The van der Waals surface area contributed by atoms with Gasteiger partial charge < -0.3 is 19.1 Å². The van der Waals surface area contributed by atoms with Crippen LogP contribution in [0.4, 0.5) is 0 Å². The van der Waals surface area contributed by atoms with E-state index in [4.69, 9.17) is 5.11 Å². The van der Waals surface area contributed by atoms with Gasteiger partial charge in [-0.3, -0.25) is 0 Å². The second-order valence-electron chi connectivity index (χ2n) is 0.994. The van der Waals surface area contributed by atoms with Crippen LogP contribution in [0, 0.1) is 0 Å². The smallest absolute Gasteiger partial charge is 0.781 e. The fourth-order valence-corrected chi connectivity index (χ4v) is 0.440. The summed E-state index contributed by atoms with van der Waals surface area (Å²) in [4.78, 5) is 9.61. The zero-order valence-corrected chi connectivity index (χ0v) is 8.03. The van der Waals surface area contributed by atoms with Gasteiger partial charge in [0.1, 0.15) is 8.25 Å². The molecule has 0 heterocycles. The van der Waals surface area contributed by atoms with Gasteiger partial charge in [-0.25, -0.2) is 0 Å². The van der Waals surface area contributed by atoms with Crippen molar-refractivity contribution in [1.29, 1.82) is 0 Å². The Balaban J connectivity index is 0. The molecular weight excluding hydrogens is 154 g/mol. The molecule has 1 N–H and O–H groups in total. The summed E-state index contributed by atoms with van der Waals surface area (Å²) < 4.78 is 13.4. The fraction of sp³-hybridized carbons (Fsp3) is 0.333. The maximum Gasteiger partial charge on any atom is 1.00 e. The molecule has 0 aliphatic rings. The molecule has 0 aromatic heterocycles. The first kappa shape index (κ1) is 12.5. The Bertz CT molecular complexity index is 106. The molecule has 2 unspecified atom stereocenters. The van der Waals surface area contributed by atoms with E-state index in [9.17, 15) is 9.46 Å². The Morgan fingerprint density at radius 3 is 2.44 bits per heavy atom. The molecule has 48 valence electrons. The van der Waals surface area contributed by atoms with Crippen LogP contribution in [0.5, 0.6) is 0 Å². The van der Waals surface area contributed by atoms with Crippen LogP contribution < -0.4 is 34.5 Å². The number of hydrogen-bond acceptors (Lipinski definition) is 4. The summed E-state index contributed by atoms with van der Waals surface area (Å²) in [6, 6.07) is 0. The average molecular weight is 160 g/mol. The van der Waals surface area contributed by atoms with E-state index in [1.165, 1.54) is 0 Å². The molecular formula is C3H6NaO4P. The SMILES string of the molecule is C=CC(O)O[PH](=O)[O-].[Na+]. The molecule has 2 atom stereocenters. The molecule has 0 aliphatic heterocycles. The van der Waals surface area contributed by atoms with E-state index in [0.29, 0.717) is 0 Å². The molecule has 4 nitrogen and oxygen atoms in total. The van der Waals surface area contributed by atoms with Crippen molar-refractivity contribution in [3.8, 4) is 0 Å². The van der Waals surface area contributed by atoms with Gasteiger partial charge >= 0.3 is 29.6 Å². The van der Waals surface area contributed by atoms with Crippen LogP contribution >= 0.6 is 8.25 Å². The average Bonchev–Trinajstić information content (AvgIpc) is 1.65. The van der Waals surface area contributed by atoms with Gasteiger partial charge in [0, 0.05) is 0 Å². The molecule has 0 saturated heterocycles. The second kappa shape index (κ2) is 6.96. The first-order valence-electron chi connectivity index (χ1n) is 1.85. The van der Waals surface area contributed by atoms with Crippen LogP contribution in [-0.4, -0.2) is 11.4 Å². The summed E-state index contributed by atoms with van der Waals surface area (Å²) in [5, 5.41) is 8.31. The maximum absolute atomic E-state index is 9.61. The minimum atomic E-state index is -3.27. The minimum Gasteiger partial charge on any atom is -0.781 e. The van der Waals surface area contributed by atoms with Crippen molar-refractivity contribution >= 4 is 8.25 Å². The molecule has 0 spiro atoms. The molecule has 6 heteroatoms. The molecule has 0 bridgehead atoms. The first-order valence-corrected chi connectivity index (χ1v) is 3.07. The summed E-state index contributed by atoms with van der Waals surface area (Å²) in [6.45, 7) is 3.08. The molecule has 0 radical (unpaired) electrons. The molecule has 0 rings (SSSR count). The standard InChI is InChI=1S/C3H7O4P.Na/c1-2-3(4)7-8(5)6;/h2-4,8H,1H2,(H,5,6);/q;+1/p-1. The topological polar surface area (TPSA) is 69.6 Å². The van der Waals surface area contributed by atoms with Crippen molar-refractivity contribution in [2.45, 2.75) is 6.29 Å². The second-order valence-corrected chi connectivity index (χ2v) is 1.73. The third kappa shape index (κ3) is 8.85. The van der Waals surface area contributed by atoms with Crippen molar-refractivity contribution in [1.82, 2.24) is 0 Å². The van der Waals surface area contributed by atoms with Crippen LogP contribution in [0.1, 0.15) is 0 Å². The van der Waals surface area contributed by atoms with Crippen LogP contribution in [0.3, 0.4) is 0 Å². The summed E-state index contributed by atoms with van der Waals surface area (Å²) in [5.74, 6) is 0. The predicted octanol–water partition coefficient (Wildman–Crippen LogP) is -3.74. The van der Waals surface area contributed by atoms with Gasteiger partial charge in [-0.2, -0.15) is 0 Å². The van der Waals surface area contributed by atoms with E-state index in [1.807, 2.05) is 0 Å². The van der Waals surface area contributed by atoms with Gasteiger partial charge in [0.05, 0.1) is 0 Å². The summed E-state index contributed by atoms with van der Waals surface area (Å²) in [7, 11) is -3.27. The van der Waals surface area contributed by atoms with Crippen LogP contribution in [0.2, 0.25) is 0 Å². The zero-order chi connectivity index (χ0) is 6.57. The van der Waals surface area contributed by atoms with Crippen LogP contribution in [-0.2, 0) is 9.09 Å². The first-order chi connectivity index (χ1) is 3.66. The Morgan fingerprint density at radius 1 is 1.89 bits per heavy atom.